The summed E-state index contributed by atoms with van der Waals surface area (Å²) in [6, 6.07) is 15.5. The van der Waals surface area contributed by atoms with Crippen LogP contribution in [0.5, 0.6) is 5.75 Å². The highest BCUT2D eigenvalue weighted by atomic mass is 32.1. The van der Waals surface area contributed by atoms with Crippen molar-refractivity contribution in [2.24, 2.45) is 0 Å². The normalized spacial score (nSPS) is 12.3. The molecule has 0 aliphatic rings. The Kier molecular flexibility index (Phi) is 5.09. The van der Waals surface area contributed by atoms with Gasteiger partial charge in [0.05, 0.1) is 17.5 Å². The van der Waals surface area contributed by atoms with Crippen LogP contribution in [0, 0.1) is 0 Å². The van der Waals surface area contributed by atoms with Crippen LogP contribution >= 0.6 is 11.3 Å². The molecule has 0 saturated heterocycles. The van der Waals surface area contributed by atoms with E-state index >= 15 is 0 Å². The smallest absolute Gasteiger partial charge is 0.416 e. The Morgan fingerprint density at radius 1 is 1.07 bits per heavy atom. The predicted octanol–water partition coefficient (Wildman–Crippen LogP) is 6.15. The second-order valence-corrected chi connectivity index (χ2v) is 7.44. The van der Waals surface area contributed by atoms with E-state index < -0.39 is 23.4 Å². The molecule has 2 aromatic heterocycles. The summed E-state index contributed by atoms with van der Waals surface area (Å²) in [5, 5.41) is 13.1. The molecule has 4 aromatic rings. The van der Waals surface area contributed by atoms with Crippen molar-refractivity contribution >= 4 is 39.1 Å². The van der Waals surface area contributed by atoms with Gasteiger partial charge in [-0.2, -0.15) is 13.2 Å². The molecule has 0 radical (unpaired) electrons. The Balaban J connectivity index is 1.70. The minimum atomic E-state index is -4.55. The molecule has 2 aromatic carbocycles. The highest BCUT2D eigenvalue weighted by Gasteiger charge is 2.31. The second-order valence-electron chi connectivity index (χ2n) is 6.39. The van der Waals surface area contributed by atoms with Crippen LogP contribution in [0.3, 0.4) is 0 Å². The van der Waals surface area contributed by atoms with E-state index in [-0.39, 0.29) is 10.3 Å². The van der Waals surface area contributed by atoms with E-state index in [0.717, 1.165) is 29.0 Å². The molecule has 4 rings (SSSR count). The molecule has 0 aliphatic heterocycles. The van der Waals surface area contributed by atoms with Crippen molar-refractivity contribution in [1.29, 1.82) is 0 Å². The topological polar surface area (TPSA) is 62.5 Å². The molecule has 0 bridgehead atoms. The monoisotopic (exact) mass is 429 g/mol. The number of halogens is 3. The Bertz CT molecular complexity index is 1230. The number of rotatable bonds is 4. The van der Waals surface area contributed by atoms with Gasteiger partial charge in [0.15, 0.2) is 0 Å². The van der Waals surface area contributed by atoms with Gasteiger partial charge in [0.1, 0.15) is 16.4 Å². The summed E-state index contributed by atoms with van der Waals surface area (Å²) in [5.74, 6) is -0.745. The molecule has 4 nitrogen and oxygen atoms in total. The standard InChI is InChI=1S/C22H14F3NO3S/c23-22(24,25)14-8-9-18-15(12-14)19(27)20(30-18)21(28)26-16(17-7-4-10-29-17)11-13-5-2-1-3-6-13/h1-12,27H,(H,26,28). The van der Waals surface area contributed by atoms with Crippen LogP contribution in [0.25, 0.3) is 21.9 Å². The molecule has 0 spiro atoms. The summed E-state index contributed by atoms with van der Waals surface area (Å²) in [7, 11) is 0. The zero-order valence-corrected chi connectivity index (χ0v) is 16.1. The lowest BCUT2D eigenvalue weighted by Gasteiger charge is -2.08. The number of hydrogen-bond donors (Lipinski definition) is 2. The molecule has 8 heteroatoms. The molecule has 0 aliphatic carbocycles. The summed E-state index contributed by atoms with van der Waals surface area (Å²) >= 11 is 0.910. The minimum absolute atomic E-state index is 0.0217. The fraction of sp³-hybridized carbons (Fsp3) is 0.0455. The zero-order valence-electron chi connectivity index (χ0n) is 15.2. The molecule has 0 unspecified atom stereocenters. The number of benzene rings is 2. The summed E-state index contributed by atoms with van der Waals surface area (Å²) in [6.45, 7) is 0. The van der Waals surface area contributed by atoms with Crippen LogP contribution in [0.4, 0.5) is 13.2 Å². The largest absolute Gasteiger partial charge is 0.506 e. The van der Waals surface area contributed by atoms with E-state index in [2.05, 4.69) is 5.32 Å². The third kappa shape index (κ3) is 3.95. The first-order valence-electron chi connectivity index (χ1n) is 8.77. The highest BCUT2D eigenvalue weighted by Crippen LogP contribution is 2.40. The van der Waals surface area contributed by atoms with Crippen molar-refractivity contribution < 1.29 is 27.5 Å². The van der Waals surface area contributed by atoms with E-state index in [9.17, 15) is 23.1 Å². The molecule has 0 atom stereocenters. The first-order chi connectivity index (χ1) is 14.3. The van der Waals surface area contributed by atoms with Crippen LogP contribution in [0.15, 0.2) is 71.3 Å². The van der Waals surface area contributed by atoms with Gasteiger partial charge in [0.2, 0.25) is 0 Å². The maximum atomic E-state index is 13.0. The third-order valence-corrected chi connectivity index (χ3v) is 5.50. The number of hydrogen-bond acceptors (Lipinski definition) is 4. The minimum Gasteiger partial charge on any atom is -0.506 e. The summed E-state index contributed by atoms with van der Waals surface area (Å²) < 4.78 is 44.7. The number of carbonyl (C=O) groups excluding carboxylic acids is 1. The van der Waals surface area contributed by atoms with Crippen LogP contribution in [0.2, 0.25) is 0 Å². The van der Waals surface area contributed by atoms with E-state index in [4.69, 9.17) is 4.42 Å². The molecule has 0 fully saturated rings. The molecular weight excluding hydrogens is 415 g/mol. The maximum absolute atomic E-state index is 13.0. The van der Waals surface area contributed by atoms with Gasteiger partial charge in [-0.3, -0.25) is 4.79 Å². The molecule has 1 amide bonds. The van der Waals surface area contributed by atoms with E-state index in [0.29, 0.717) is 16.2 Å². The molecule has 0 saturated carbocycles. The van der Waals surface area contributed by atoms with Gasteiger partial charge >= 0.3 is 6.18 Å². The number of fused-ring (bicyclic) bond motifs is 1. The van der Waals surface area contributed by atoms with Crippen molar-refractivity contribution in [3.05, 3.63) is 88.7 Å². The number of alkyl halides is 3. The summed E-state index contributed by atoms with van der Waals surface area (Å²) in [6.07, 6.45) is -1.39. The Labute approximate surface area is 172 Å². The lowest BCUT2D eigenvalue weighted by Crippen LogP contribution is -2.20. The van der Waals surface area contributed by atoms with Crippen molar-refractivity contribution in [3.8, 4) is 5.75 Å². The highest BCUT2D eigenvalue weighted by molar-refractivity contribution is 7.21. The van der Waals surface area contributed by atoms with Crippen molar-refractivity contribution in [1.82, 2.24) is 5.32 Å². The molecule has 2 heterocycles. The van der Waals surface area contributed by atoms with Crippen LogP contribution in [-0.2, 0) is 6.18 Å². The van der Waals surface area contributed by atoms with Crippen LogP contribution in [-0.4, -0.2) is 11.0 Å². The molecule has 30 heavy (non-hydrogen) atoms. The maximum Gasteiger partial charge on any atom is 0.416 e. The lowest BCUT2D eigenvalue weighted by molar-refractivity contribution is -0.137. The quantitative estimate of drug-likeness (QED) is 0.409. The lowest BCUT2D eigenvalue weighted by atomic mass is 10.1. The number of aromatic hydroxyl groups is 1. The first kappa shape index (κ1) is 19.8. The SMILES string of the molecule is O=C(NC(=Cc1ccccc1)c1ccco1)c1sc2ccc(C(F)(F)F)cc2c1O. The second kappa shape index (κ2) is 7.72. The number of furan rings is 1. The van der Waals surface area contributed by atoms with Gasteiger partial charge in [-0.1, -0.05) is 30.3 Å². The fourth-order valence-electron chi connectivity index (χ4n) is 2.91. The molecular formula is C22H14F3NO3S. The average Bonchev–Trinajstić information content (AvgIpc) is 3.36. The van der Waals surface area contributed by atoms with Gasteiger partial charge in [-0.25, -0.2) is 0 Å². The number of carbonyl (C=O) groups is 1. The van der Waals surface area contributed by atoms with Gasteiger partial charge in [-0.05, 0) is 42.0 Å². The van der Waals surface area contributed by atoms with Crippen molar-refractivity contribution in [2.75, 3.05) is 0 Å². The Hall–Kier alpha value is -3.52. The molecule has 2 N–H and O–H groups in total. The average molecular weight is 429 g/mol. The number of thiophene rings is 1. The Morgan fingerprint density at radius 3 is 2.50 bits per heavy atom. The van der Waals surface area contributed by atoms with Gasteiger partial charge < -0.3 is 14.8 Å². The van der Waals surface area contributed by atoms with Crippen LogP contribution < -0.4 is 5.32 Å². The van der Waals surface area contributed by atoms with Crippen LogP contribution in [0.1, 0.15) is 26.6 Å². The third-order valence-electron chi connectivity index (χ3n) is 4.34. The summed E-state index contributed by atoms with van der Waals surface area (Å²) in [4.78, 5) is 12.8. The van der Waals surface area contributed by atoms with Crippen molar-refractivity contribution in [3.63, 3.8) is 0 Å². The van der Waals surface area contributed by atoms with Gasteiger partial charge in [0, 0.05) is 10.1 Å². The molecule has 152 valence electrons. The number of amides is 1. The zero-order chi connectivity index (χ0) is 21.3. The summed E-state index contributed by atoms with van der Waals surface area (Å²) in [5.41, 5.74) is 0.263. The van der Waals surface area contributed by atoms with E-state index in [1.807, 2.05) is 30.3 Å². The van der Waals surface area contributed by atoms with Gasteiger partial charge in [-0.15, -0.1) is 11.3 Å². The Morgan fingerprint density at radius 2 is 1.83 bits per heavy atom. The number of nitrogens with one attached hydrogen (secondary N) is 1. The van der Waals surface area contributed by atoms with E-state index in [1.54, 1.807) is 18.2 Å². The predicted molar refractivity (Wildman–Crippen MR) is 109 cm³/mol. The fourth-order valence-corrected chi connectivity index (χ4v) is 3.88. The van der Waals surface area contributed by atoms with Crippen molar-refractivity contribution in [2.45, 2.75) is 6.18 Å². The van der Waals surface area contributed by atoms with Gasteiger partial charge in [0.25, 0.3) is 5.91 Å². The van der Waals surface area contributed by atoms with E-state index in [1.165, 1.54) is 12.3 Å². The first-order valence-corrected chi connectivity index (χ1v) is 9.59.